The minimum atomic E-state index is 0.468. The minimum absolute atomic E-state index is 0.468. The lowest BCUT2D eigenvalue weighted by atomic mass is 10.1. The van der Waals surface area contributed by atoms with Gasteiger partial charge < -0.3 is 10.3 Å². The summed E-state index contributed by atoms with van der Waals surface area (Å²) in [5, 5.41) is 5.06. The van der Waals surface area contributed by atoms with Crippen molar-refractivity contribution in [3.63, 3.8) is 0 Å². The van der Waals surface area contributed by atoms with Crippen LogP contribution in [0.25, 0.3) is 11.5 Å². The second kappa shape index (κ2) is 4.58. The van der Waals surface area contributed by atoms with Crippen LogP contribution in [0, 0.1) is 5.92 Å². The van der Waals surface area contributed by atoms with Gasteiger partial charge in [0.25, 0.3) is 5.89 Å². The highest BCUT2D eigenvalue weighted by Gasteiger charge is 2.29. The number of aromatic nitrogens is 2. The number of fused-ring (bicyclic) bond motifs is 1. The zero-order valence-corrected chi connectivity index (χ0v) is 12.5. The zero-order chi connectivity index (χ0) is 13.7. The average Bonchev–Trinajstić information content (AvgIpc) is 3.11. The highest BCUT2D eigenvalue weighted by molar-refractivity contribution is 7.16. The van der Waals surface area contributed by atoms with Crippen LogP contribution in [0.2, 0.25) is 0 Å². The van der Waals surface area contributed by atoms with Crippen molar-refractivity contribution < 1.29 is 4.52 Å². The first-order chi connectivity index (χ1) is 9.72. The Labute approximate surface area is 122 Å². The molecule has 0 amide bonds. The molecular weight excluding hydrogens is 270 g/mol. The van der Waals surface area contributed by atoms with E-state index in [0.29, 0.717) is 11.8 Å². The van der Waals surface area contributed by atoms with E-state index < -0.39 is 0 Å². The largest absolute Gasteiger partial charge is 0.390 e. The minimum Gasteiger partial charge on any atom is -0.390 e. The van der Waals surface area contributed by atoms with Gasteiger partial charge in [0.15, 0.2) is 5.82 Å². The fourth-order valence-electron chi connectivity index (χ4n) is 3.60. The van der Waals surface area contributed by atoms with Crippen molar-refractivity contribution in [2.75, 3.05) is 5.73 Å². The van der Waals surface area contributed by atoms with Crippen LogP contribution in [-0.4, -0.2) is 10.1 Å². The molecule has 20 heavy (non-hydrogen) atoms. The molecule has 2 aromatic heterocycles. The van der Waals surface area contributed by atoms with Gasteiger partial charge in [0.05, 0.1) is 10.6 Å². The Morgan fingerprint density at radius 1 is 1.30 bits per heavy atom. The molecule has 2 unspecified atom stereocenters. The van der Waals surface area contributed by atoms with E-state index in [4.69, 9.17) is 10.3 Å². The fourth-order valence-corrected chi connectivity index (χ4v) is 4.76. The van der Waals surface area contributed by atoms with Crippen LogP contribution in [0.3, 0.4) is 0 Å². The van der Waals surface area contributed by atoms with Crippen molar-refractivity contribution >= 4 is 16.3 Å². The fraction of sp³-hybridized carbons (Fsp3) is 0.600. The molecule has 2 N–H and O–H groups in total. The molecule has 0 aliphatic heterocycles. The number of anilines is 1. The van der Waals surface area contributed by atoms with Gasteiger partial charge >= 0.3 is 0 Å². The summed E-state index contributed by atoms with van der Waals surface area (Å²) in [7, 11) is 0. The Hall–Kier alpha value is -1.36. The van der Waals surface area contributed by atoms with Crippen molar-refractivity contribution in [3.05, 3.63) is 16.3 Å². The molecule has 2 aliphatic rings. The second-order valence-corrected chi connectivity index (χ2v) is 7.31. The number of rotatable bonds is 2. The number of hydrogen-bond acceptors (Lipinski definition) is 5. The third kappa shape index (κ3) is 1.87. The van der Waals surface area contributed by atoms with Gasteiger partial charge in [-0.15, -0.1) is 11.3 Å². The topological polar surface area (TPSA) is 64.9 Å². The monoisotopic (exact) mass is 289 g/mol. The third-order valence-electron chi connectivity index (χ3n) is 4.66. The molecule has 2 atom stereocenters. The van der Waals surface area contributed by atoms with Crippen molar-refractivity contribution in [2.24, 2.45) is 5.92 Å². The van der Waals surface area contributed by atoms with E-state index >= 15 is 0 Å². The average molecular weight is 289 g/mol. The van der Waals surface area contributed by atoms with E-state index in [1.807, 2.05) is 0 Å². The molecule has 4 nitrogen and oxygen atoms in total. The van der Waals surface area contributed by atoms with Crippen molar-refractivity contribution in [3.8, 4) is 11.5 Å². The van der Waals surface area contributed by atoms with E-state index in [2.05, 4.69) is 17.1 Å². The van der Waals surface area contributed by atoms with Crippen LogP contribution in [-0.2, 0) is 12.8 Å². The molecule has 0 radical (unpaired) electrons. The highest BCUT2D eigenvalue weighted by atomic mass is 32.1. The lowest BCUT2D eigenvalue weighted by Crippen LogP contribution is -1.96. The van der Waals surface area contributed by atoms with Gasteiger partial charge in [-0.3, -0.25) is 0 Å². The molecule has 0 bridgehead atoms. The first kappa shape index (κ1) is 12.4. The third-order valence-corrected chi connectivity index (χ3v) is 5.79. The quantitative estimate of drug-likeness (QED) is 0.914. The maximum atomic E-state index is 6.16. The van der Waals surface area contributed by atoms with E-state index in [1.54, 1.807) is 11.3 Å². The Kier molecular flexibility index (Phi) is 2.84. The first-order valence-corrected chi connectivity index (χ1v) is 8.28. The molecule has 2 aromatic rings. The first-order valence-electron chi connectivity index (χ1n) is 7.46. The van der Waals surface area contributed by atoms with Crippen LogP contribution in [0.4, 0.5) is 5.00 Å². The number of hydrogen-bond donors (Lipinski definition) is 1. The highest BCUT2D eigenvalue weighted by Crippen LogP contribution is 2.43. The Morgan fingerprint density at radius 2 is 2.20 bits per heavy atom. The van der Waals surface area contributed by atoms with Crippen LogP contribution in [0.5, 0.6) is 0 Å². The lowest BCUT2D eigenvalue weighted by molar-refractivity contribution is 0.414. The van der Waals surface area contributed by atoms with Gasteiger partial charge in [0.2, 0.25) is 0 Å². The number of thiophene rings is 1. The van der Waals surface area contributed by atoms with Gasteiger partial charge in [0, 0.05) is 10.8 Å². The predicted octanol–water partition coefficient (Wildman–Crippen LogP) is 3.77. The Bertz CT molecular complexity index is 646. The smallest absolute Gasteiger partial charge is 0.261 e. The predicted molar refractivity (Wildman–Crippen MR) is 79.8 cm³/mol. The Morgan fingerprint density at radius 3 is 3.00 bits per heavy atom. The maximum Gasteiger partial charge on any atom is 0.261 e. The second-order valence-electron chi connectivity index (χ2n) is 6.17. The van der Waals surface area contributed by atoms with E-state index in [-0.39, 0.29) is 0 Å². The summed E-state index contributed by atoms with van der Waals surface area (Å²) >= 11 is 1.69. The molecular formula is C15H19N3OS. The number of nitrogens with two attached hydrogens (primary N) is 1. The maximum absolute atomic E-state index is 6.16. The summed E-state index contributed by atoms with van der Waals surface area (Å²) in [6, 6.07) is 0. The van der Waals surface area contributed by atoms with Gasteiger partial charge in [-0.05, 0) is 50.0 Å². The number of nitrogens with zero attached hydrogens (tertiary/aromatic N) is 2. The van der Waals surface area contributed by atoms with Crippen LogP contribution in [0.15, 0.2) is 4.52 Å². The van der Waals surface area contributed by atoms with Gasteiger partial charge in [-0.25, -0.2) is 0 Å². The molecule has 4 rings (SSSR count). The standard InChI is InChI=1S/C15H19N3OS/c1-8-5-6-9(7-8)14-17-15(19-18-14)12-10-3-2-4-11(10)20-13(12)16/h8-9H,2-7,16H2,1H3. The molecule has 2 aliphatic carbocycles. The van der Waals surface area contributed by atoms with Crippen LogP contribution >= 0.6 is 11.3 Å². The zero-order valence-electron chi connectivity index (χ0n) is 11.7. The number of aryl methyl sites for hydroxylation is 1. The van der Waals surface area contributed by atoms with E-state index in [0.717, 1.165) is 35.1 Å². The molecule has 2 heterocycles. The van der Waals surface area contributed by atoms with Gasteiger partial charge in [-0.1, -0.05) is 12.1 Å². The summed E-state index contributed by atoms with van der Waals surface area (Å²) in [4.78, 5) is 6.07. The van der Waals surface area contributed by atoms with Crippen molar-refractivity contribution in [1.82, 2.24) is 10.1 Å². The van der Waals surface area contributed by atoms with Gasteiger partial charge in [0.1, 0.15) is 0 Å². The molecule has 0 aromatic carbocycles. The summed E-state index contributed by atoms with van der Waals surface area (Å²) in [5.74, 6) is 2.76. The van der Waals surface area contributed by atoms with Crippen LogP contribution in [0.1, 0.15) is 54.8 Å². The van der Waals surface area contributed by atoms with E-state index in [1.165, 1.54) is 36.1 Å². The summed E-state index contributed by atoms with van der Waals surface area (Å²) in [6.45, 7) is 2.30. The molecule has 1 saturated carbocycles. The molecule has 1 fully saturated rings. The molecule has 0 saturated heterocycles. The van der Waals surface area contributed by atoms with Crippen molar-refractivity contribution in [1.29, 1.82) is 0 Å². The normalized spacial score (nSPS) is 25.2. The molecule has 5 heteroatoms. The SMILES string of the molecule is CC1CCC(c2noc(-c3c(N)sc4c3CCC4)n2)C1. The Balaban J connectivity index is 1.68. The summed E-state index contributed by atoms with van der Waals surface area (Å²) in [6.07, 6.45) is 7.08. The number of nitrogen functional groups attached to an aromatic ring is 1. The summed E-state index contributed by atoms with van der Waals surface area (Å²) in [5.41, 5.74) is 8.53. The van der Waals surface area contributed by atoms with Crippen molar-refractivity contribution in [2.45, 2.75) is 51.4 Å². The molecule has 106 valence electrons. The van der Waals surface area contributed by atoms with E-state index in [9.17, 15) is 0 Å². The lowest BCUT2D eigenvalue weighted by Gasteiger charge is -2.01. The van der Waals surface area contributed by atoms with Crippen LogP contribution < -0.4 is 5.73 Å². The molecule has 0 spiro atoms. The van der Waals surface area contributed by atoms with Gasteiger partial charge in [-0.2, -0.15) is 4.98 Å². The summed E-state index contributed by atoms with van der Waals surface area (Å²) < 4.78 is 5.53.